The van der Waals surface area contributed by atoms with Gasteiger partial charge in [-0.15, -0.1) is 0 Å². The van der Waals surface area contributed by atoms with Gasteiger partial charge in [0.2, 0.25) is 0 Å². The number of methoxy groups -OCH3 is 1. The first kappa shape index (κ1) is 15.4. The van der Waals surface area contributed by atoms with E-state index >= 15 is 0 Å². The summed E-state index contributed by atoms with van der Waals surface area (Å²) in [6.07, 6.45) is -0.888. The second-order valence-corrected chi connectivity index (χ2v) is 5.58. The molecule has 0 saturated carbocycles. The fraction of sp³-hybridized carbons (Fsp3) is 0.923. The summed E-state index contributed by atoms with van der Waals surface area (Å²) in [4.78, 5) is 11.7. The topological polar surface area (TPSA) is 65.0 Å². The van der Waals surface area contributed by atoms with Gasteiger partial charge in [-0.1, -0.05) is 13.8 Å². The van der Waals surface area contributed by atoms with Crippen molar-refractivity contribution in [1.29, 1.82) is 0 Å². The van der Waals surface area contributed by atoms with Crippen LogP contribution < -0.4 is 0 Å². The van der Waals surface area contributed by atoms with Crippen LogP contribution in [-0.4, -0.2) is 42.3 Å². The number of hydrogen-bond acceptors (Lipinski definition) is 5. The number of rotatable bonds is 4. The second kappa shape index (κ2) is 5.99. The molecule has 0 aliphatic carbocycles. The first-order valence-corrected chi connectivity index (χ1v) is 6.36. The summed E-state index contributed by atoms with van der Waals surface area (Å²) in [5.74, 6) is -0.0735. The Morgan fingerprint density at radius 1 is 1.56 bits per heavy atom. The third-order valence-electron chi connectivity index (χ3n) is 3.08. The van der Waals surface area contributed by atoms with Crippen molar-refractivity contribution in [3.63, 3.8) is 0 Å². The molecule has 0 radical (unpaired) electrons. The van der Waals surface area contributed by atoms with E-state index in [1.54, 1.807) is 13.8 Å². The molecule has 5 nitrogen and oxygen atoms in total. The predicted octanol–water partition coefficient (Wildman–Crippen LogP) is 1.48. The summed E-state index contributed by atoms with van der Waals surface area (Å²) in [6, 6.07) is 0. The van der Waals surface area contributed by atoms with Gasteiger partial charge < -0.3 is 19.3 Å². The zero-order valence-electron chi connectivity index (χ0n) is 11.8. The van der Waals surface area contributed by atoms with Crippen LogP contribution in [0.15, 0.2) is 0 Å². The molecule has 18 heavy (non-hydrogen) atoms. The van der Waals surface area contributed by atoms with Crippen molar-refractivity contribution in [3.8, 4) is 0 Å². The molecule has 1 fully saturated rings. The van der Waals surface area contributed by atoms with Gasteiger partial charge in [0.05, 0.1) is 6.10 Å². The minimum Gasteiger partial charge on any atom is -0.457 e. The number of hydrogen-bond donors (Lipinski definition) is 1. The molecular weight excluding hydrogens is 236 g/mol. The summed E-state index contributed by atoms with van der Waals surface area (Å²) < 4.78 is 16.0. The van der Waals surface area contributed by atoms with Gasteiger partial charge in [-0.3, -0.25) is 4.79 Å². The molecule has 0 aromatic rings. The van der Waals surface area contributed by atoms with Crippen LogP contribution in [0.4, 0.5) is 0 Å². The highest BCUT2D eigenvalue weighted by Gasteiger charge is 2.46. The quantitative estimate of drug-likeness (QED) is 0.776. The van der Waals surface area contributed by atoms with E-state index < -0.39 is 24.1 Å². The van der Waals surface area contributed by atoms with Crippen LogP contribution in [0.3, 0.4) is 0 Å². The van der Waals surface area contributed by atoms with Gasteiger partial charge in [0.25, 0.3) is 0 Å². The van der Waals surface area contributed by atoms with Crippen molar-refractivity contribution in [1.82, 2.24) is 0 Å². The van der Waals surface area contributed by atoms with Crippen molar-refractivity contribution in [2.24, 2.45) is 5.92 Å². The van der Waals surface area contributed by atoms with Crippen LogP contribution in [0.5, 0.6) is 0 Å². The number of esters is 1. The molecule has 1 aliphatic heterocycles. The third kappa shape index (κ3) is 3.93. The highest BCUT2D eigenvalue weighted by atomic mass is 16.7. The molecule has 1 heterocycles. The summed E-state index contributed by atoms with van der Waals surface area (Å²) in [6.45, 7) is 7.31. The van der Waals surface area contributed by atoms with Crippen LogP contribution in [0.25, 0.3) is 0 Å². The Morgan fingerprint density at radius 3 is 2.61 bits per heavy atom. The lowest BCUT2D eigenvalue weighted by Crippen LogP contribution is -2.56. The molecular formula is C13H24O5. The second-order valence-electron chi connectivity index (χ2n) is 5.58. The SMILES string of the molecule is COC1C[C@@](C)(O)[C@@H](OC(=O)CC(C)C)[C@H](C)O1. The number of aliphatic hydroxyl groups is 1. The van der Waals surface area contributed by atoms with Crippen molar-refractivity contribution < 1.29 is 24.1 Å². The lowest BCUT2D eigenvalue weighted by atomic mass is 9.88. The normalized spacial score (nSPS) is 36.7. The maximum Gasteiger partial charge on any atom is 0.306 e. The Hall–Kier alpha value is -0.650. The van der Waals surface area contributed by atoms with Crippen LogP contribution in [0.1, 0.15) is 40.5 Å². The fourth-order valence-electron chi connectivity index (χ4n) is 2.20. The average molecular weight is 260 g/mol. The lowest BCUT2D eigenvalue weighted by Gasteiger charge is -2.43. The van der Waals surface area contributed by atoms with E-state index in [-0.39, 0.29) is 18.3 Å². The zero-order valence-corrected chi connectivity index (χ0v) is 11.8. The van der Waals surface area contributed by atoms with E-state index in [1.807, 2.05) is 13.8 Å². The van der Waals surface area contributed by atoms with E-state index in [9.17, 15) is 9.90 Å². The zero-order chi connectivity index (χ0) is 13.9. The van der Waals surface area contributed by atoms with Crippen molar-refractivity contribution in [2.45, 2.75) is 64.6 Å². The first-order chi connectivity index (χ1) is 8.26. The summed E-state index contributed by atoms with van der Waals surface area (Å²) >= 11 is 0. The molecule has 0 amide bonds. The highest BCUT2D eigenvalue weighted by Crippen LogP contribution is 2.31. The monoisotopic (exact) mass is 260 g/mol. The van der Waals surface area contributed by atoms with Crippen LogP contribution in [0.2, 0.25) is 0 Å². The Morgan fingerprint density at radius 2 is 2.17 bits per heavy atom. The molecule has 1 rings (SSSR count). The molecule has 1 unspecified atom stereocenters. The van der Waals surface area contributed by atoms with Gasteiger partial charge in [-0.2, -0.15) is 0 Å². The average Bonchev–Trinajstić information content (AvgIpc) is 2.21. The number of ether oxygens (including phenoxy) is 3. The van der Waals surface area contributed by atoms with E-state index in [1.165, 1.54) is 7.11 Å². The minimum absolute atomic E-state index is 0.231. The third-order valence-corrected chi connectivity index (χ3v) is 3.08. The van der Waals surface area contributed by atoms with Crippen molar-refractivity contribution >= 4 is 5.97 Å². The summed E-state index contributed by atoms with van der Waals surface area (Å²) in [5.41, 5.74) is -1.13. The Bertz CT molecular complexity index is 287. The lowest BCUT2D eigenvalue weighted by molar-refractivity contribution is -0.270. The first-order valence-electron chi connectivity index (χ1n) is 6.36. The molecule has 1 N–H and O–H groups in total. The Balaban J connectivity index is 2.66. The maximum atomic E-state index is 11.7. The van der Waals surface area contributed by atoms with Gasteiger partial charge >= 0.3 is 5.97 Å². The van der Waals surface area contributed by atoms with Crippen LogP contribution in [-0.2, 0) is 19.0 Å². The standard InChI is InChI=1S/C13H24O5/c1-8(2)6-10(14)18-12-9(3)17-11(16-5)7-13(12,4)15/h8-9,11-12,15H,6-7H2,1-5H3/t9-,11?,12-,13+/m0/s1. The Kier molecular flexibility index (Phi) is 5.13. The summed E-state index contributed by atoms with van der Waals surface area (Å²) in [7, 11) is 1.53. The largest absolute Gasteiger partial charge is 0.457 e. The molecule has 0 aromatic heterocycles. The predicted molar refractivity (Wildman–Crippen MR) is 65.9 cm³/mol. The van der Waals surface area contributed by atoms with E-state index in [4.69, 9.17) is 14.2 Å². The highest BCUT2D eigenvalue weighted by molar-refractivity contribution is 5.70. The molecule has 4 atom stereocenters. The van der Waals surface area contributed by atoms with Crippen LogP contribution in [0, 0.1) is 5.92 Å². The molecule has 0 aromatic carbocycles. The summed E-state index contributed by atoms with van der Waals surface area (Å²) in [5, 5.41) is 10.4. The number of carbonyl (C=O) groups is 1. The van der Waals surface area contributed by atoms with E-state index in [2.05, 4.69) is 0 Å². The smallest absolute Gasteiger partial charge is 0.306 e. The molecule has 0 bridgehead atoms. The molecule has 106 valence electrons. The van der Waals surface area contributed by atoms with Gasteiger partial charge in [0.1, 0.15) is 5.60 Å². The van der Waals surface area contributed by atoms with Crippen LogP contribution >= 0.6 is 0 Å². The van der Waals surface area contributed by atoms with Gasteiger partial charge in [-0.05, 0) is 19.8 Å². The minimum atomic E-state index is -1.13. The van der Waals surface area contributed by atoms with Gasteiger partial charge in [0, 0.05) is 20.0 Å². The molecule has 1 aliphatic rings. The fourth-order valence-corrected chi connectivity index (χ4v) is 2.20. The molecule has 5 heteroatoms. The van der Waals surface area contributed by atoms with Crippen molar-refractivity contribution in [2.75, 3.05) is 7.11 Å². The maximum absolute atomic E-state index is 11.7. The van der Waals surface area contributed by atoms with Crippen molar-refractivity contribution in [3.05, 3.63) is 0 Å². The van der Waals surface area contributed by atoms with E-state index in [0.29, 0.717) is 6.42 Å². The van der Waals surface area contributed by atoms with Gasteiger partial charge in [-0.25, -0.2) is 0 Å². The Labute approximate surface area is 108 Å². The van der Waals surface area contributed by atoms with E-state index in [0.717, 1.165) is 0 Å². The molecule has 0 spiro atoms. The number of carbonyl (C=O) groups excluding carboxylic acids is 1. The molecule has 1 saturated heterocycles. The van der Waals surface area contributed by atoms with Gasteiger partial charge in [0.15, 0.2) is 12.4 Å².